The highest BCUT2D eigenvalue weighted by molar-refractivity contribution is 6.12. The third-order valence-electron chi connectivity index (χ3n) is 10.9. The lowest BCUT2D eigenvalue weighted by Gasteiger charge is -2.42. The summed E-state index contributed by atoms with van der Waals surface area (Å²) in [5.74, 6) is -1.89. The van der Waals surface area contributed by atoms with Crippen molar-refractivity contribution in [3.63, 3.8) is 0 Å². The molecule has 1 unspecified atom stereocenters. The fourth-order valence-electron chi connectivity index (χ4n) is 7.81. The highest BCUT2D eigenvalue weighted by atomic mass is 19.1. The molecule has 5 atom stereocenters. The van der Waals surface area contributed by atoms with E-state index >= 15 is 8.78 Å². The normalized spacial score (nSPS) is 20.2. The van der Waals surface area contributed by atoms with E-state index in [0.717, 1.165) is 36.6 Å². The number of hydrogen-bond acceptors (Lipinski definition) is 10. The number of imidazole rings is 1. The Bertz CT molecular complexity index is 1840. The monoisotopic (exact) mass is 809 g/mol. The quantitative estimate of drug-likeness (QED) is 0.0721. The smallest absolute Gasteiger partial charge is 0.407 e. The number of ether oxygens (including phenoxy) is 2. The van der Waals surface area contributed by atoms with Crippen LogP contribution in [0.25, 0.3) is 11.3 Å². The molecule has 314 valence electrons. The highest BCUT2D eigenvalue weighted by Crippen LogP contribution is 2.38. The molecule has 0 bridgehead atoms. The molecule has 2 fully saturated rings. The lowest BCUT2D eigenvalue weighted by atomic mass is 9.89. The van der Waals surface area contributed by atoms with Crippen molar-refractivity contribution in [3.05, 3.63) is 89.9 Å². The minimum atomic E-state index is -1.35. The molecule has 3 aliphatic rings. The van der Waals surface area contributed by atoms with E-state index in [-0.39, 0.29) is 48.7 Å². The van der Waals surface area contributed by atoms with Crippen molar-refractivity contribution in [2.45, 2.75) is 76.6 Å². The number of rotatable bonds is 20. The van der Waals surface area contributed by atoms with Gasteiger partial charge in [-0.05, 0) is 62.3 Å². The van der Waals surface area contributed by atoms with Gasteiger partial charge in [0.05, 0.1) is 11.7 Å². The van der Waals surface area contributed by atoms with Gasteiger partial charge in [0.25, 0.3) is 11.8 Å². The number of halogens is 3. The average molecular weight is 810 g/mol. The summed E-state index contributed by atoms with van der Waals surface area (Å²) in [6.45, 7) is 4.45. The molecule has 3 aromatic rings. The molecule has 0 aliphatic carbocycles. The maximum Gasteiger partial charge on any atom is 0.407 e. The number of unbranched alkanes of at least 4 members (excludes halogenated alkanes) is 3. The third-order valence-corrected chi connectivity index (χ3v) is 10.9. The SMILES string of the molecule is C[C@@H](COC(=O)NCCCCCCN1C(=O)C=CC1=O)NC(O)N(C[C@@H]1CNC[C@@H]1F)[C@@H](c1nc(-c2cc(F)ccc2F)cn1Cc1ccccc1)C1CCOCC1. The number of carbonyl (C=O) groups is 3. The summed E-state index contributed by atoms with van der Waals surface area (Å²) < 4.78 is 58.2. The number of aliphatic hydroxyl groups excluding tert-OH is 1. The molecule has 3 amide bonds. The van der Waals surface area contributed by atoms with Crippen molar-refractivity contribution in [3.8, 4) is 11.3 Å². The zero-order valence-electron chi connectivity index (χ0n) is 32.8. The summed E-state index contributed by atoms with van der Waals surface area (Å²) in [6, 6.07) is 11.8. The van der Waals surface area contributed by atoms with E-state index in [1.807, 2.05) is 34.9 Å². The minimum Gasteiger partial charge on any atom is -0.448 e. The van der Waals surface area contributed by atoms with Gasteiger partial charge in [0.2, 0.25) is 0 Å². The summed E-state index contributed by atoms with van der Waals surface area (Å²) in [4.78, 5) is 44.0. The lowest BCUT2D eigenvalue weighted by molar-refractivity contribution is -0.136. The maximum atomic E-state index is 15.3. The van der Waals surface area contributed by atoms with E-state index in [0.29, 0.717) is 70.9 Å². The van der Waals surface area contributed by atoms with Gasteiger partial charge in [0.15, 0.2) is 6.35 Å². The number of imide groups is 1. The molecule has 3 aliphatic heterocycles. The van der Waals surface area contributed by atoms with Crippen LogP contribution in [0.5, 0.6) is 0 Å². The molecule has 1 aromatic heterocycles. The van der Waals surface area contributed by atoms with E-state index in [4.69, 9.17) is 14.5 Å². The summed E-state index contributed by atoms with van der Waals surface area (Å²) in [7, 11) is 0. The molecule has 6 rings (SSSR count). The van der Waals surface area contributed by atoms with Gasteiger partial charge in [0, 0.05) is 88.4 Å². The van der Waals surface area contributed by atoms with Gasteiger partial charge in [-0.2, -0.15) is 0 Å². The third kappa shape index (κ3) is 11.5. The fourth-order valence-corrected chi connectivity index (χ4v) is 7.81. The standard InChI is InChI=1S/C42H54F3N7O6/c1-28(27-58-42(56)47-17-7-2-3-8-18-51-37(53)13-14-38(51)54)48-41(55)52(25-31-22-46-23-35(31)45)39(30-15-19-57-20-16-30)40-49-36(33-21-32(43)11-12-34(33)44)26-50(40)24-29-9-5-4-6-10-29/h4-6,9-14,21,26,28,30-31,35,39,41,46,48,55H,2-3,7-8,15-20,22-25,27H2,1H3,(H,47,56)/t28-,31-,35-,39+,41?/m0/s1. The highest BCUT2D eigenvalue weighted by Gasteiger charge is 2.41. The predicted molar refractivity (Wildman–Crippen MR) is 210 cm³/mol. The first-order chi connectivity index (χ1) is 28.1. The number of carbonyl (C=O) groups excluding carboxylic acids is 3. The summed E-state index contributed by atoms with van der Waals surface area (Å²) in [6.07, 6.45) is 5.28. The van der Waals surface area contributed by atoms with Crippen LogP contribution in [0.15, 0.2) is 66.9 Å². The first-order valence-corrected chi connectivity index (χ1v) is 20.2. The van der Waals surface area contributed by atoms with Crippen molar-refractivity contribution >= 4 is 17.9 Å². The van der Waals surface area contributed by atoms with E-state index in [1.165, 1.54) is 17.1 Å². The zero-order valence-corrected chi connectivity index (χ0v) is 32.8. The largest absolute Gasteiger partial charge is 0.448 e. The summed E-state index contributed by atoms with van der Waals surface area (Å²) in [5, 5.41) is 21.1. The molecule has 16 heteroatoms. The molecular weight excluding hydrogens is 755 g/mol. The fraction of sp³-hybridized carbons (Fsp3) is 0.524. The molecule has 2 aromatic carbocycles. The van der Waals surface area contributed by atoms with E-state index in [1.54, 1.807) is 18.0 Å². The average Bonchev–Trinajstić information content (AvgIpc) is 3.92. The van der Waals surface area contributed by atoms with E-state index < -0.39 is 48.3 Å². The summed E-state index contributed by atoms with van der Waals surface area (Å²) >= 11 is 0. The first-order valence-electron chi connectivity index (χ1n) is 20.2. The van der Waals surface area contributed by atoms with Crippen LogP contribution in [0.1, 0.15) is 62.9 Å². The van der Waals surface area contributed by atoms with Gasteiger partial charge in [-0.3, -0.25) is 24.7 Å². The number of nitrogens with zero attached hydrogens (tertiary/aromatic N) is 4. The molecule has 0 spiro atoms. The van der Waals surface area contributed by atoms with Gasteiger partial charge in [-0.15, -0.1) is 0 Å². The lowest BCUT2D eigenvalue weighted by Crippen LogP contribution is -2.55. The first kappa shape index (κ1) is 43.0. The van der Waals surface area contributed by atoms with Gasteiger partial charge >= 0.3 is 6.09 Å². The molecule has 0 radical (unpaired) electrons. The number of nitrogens with one attached hydrogen (secondary N) is 3. The van der Waals surface area contributed by atoms with Crippen LogP contribution in [0.3, 0.4) is 0 Å². The van der Waals surface area contributed by atoms with Crippen LogP contribution >= 0.6 is 0 Å². The maximum absolute atomic E-state index is 15.3. The van der Waals surface area contributed by atoms with Crippen molar-refractivity contribution in [2.24, 2.45) is 11.8 Å². The number of benzene rings is 2. The number of alkyl halides is 1. The Morgan fingerprint density at radius 1 is 1.05 bits per heavy atom. The number of aliphatic hydroxyl groups is 1. The molecule has 13 nitrogen and oxygen atoms in total. The Morgan fingerprint density at radius 3 is 2.52 bits per heavy atom. The van der Waals surface area contributed by atoms with Gasteiger partial charge in [-0.25, -0.2) is 22.9 Å². The molecule has 0 saturated carbocycles. The van der Waals surface area contributed by atoms with Crippen LogP contribution in [0.2, 0.25) is 0 Å². The molecule has 58 heavy (non-hydrogen) atoms. The number of alkyl carbamates (subject to hydrolysis) is 1. The second-order valence-electron chi connectivity index (χ2n) is 15.3. The molecular formula is C42H54F3N7O6. The Morgan fingerprint density at radius 2 is 1.79 bits per heavy atom. The van der Waals surface area contributed by atoms with E-state index in [2.05, 4.69) is 16.0 Å². The van der Waals surface area contributed by atoms with Crippen LogP contribution in [-0.4, -0.2) is 113 Å². The van der Waals surface area contributed by atoms with Gasteiger partial charge in [0.1, 0.15) is 30.2 Å². The zero-order chi connectivity index (χ0) is 41.0. The predicted octanol–water partition coefficient (Wildman–Crippen LogP) is 4.67. The molecule has 4 N–H and O–H groups in total. The number of aromatic nitrogens is 2. The van der Waals surface area contributed by atoms with Crippen LogP contribution in [0, 0.1) is 23.5 Å². The minimum absolute atomic E-state index is 0.00236. The van der Waals surface area contributed by atoms with Gasteiger partial charge < -0.3 is 29.8 Å². The second-order valence-corrected chi connectivity index (χ2v) is 15.3. The van der Waals surface area contributed by atoms with Crippen LogP contribution in [-0.2, 0) is 25.6 Å². The Hall–Kier alpha value is -4.61. The second kappa shape index (κ2) is 20.9. The Balaban J connectivity index is 1.15. The number of hydrogen-bond donors (Lipinski definition) is 4. The van der Waals surface area contributed by atoms with Crippen molar-refractivity contribution in [1.82, 2.24) is 35.3 Å². The van der Waals surface area contributed by atoms with E-state index in [9.17, 15) is 23.9 Å². The van der Waals surface area contributed by atoms with Crippen molar-refractivity contribution in [2.75, 3.05) is 52.5 Å². The number of amides is 3. The van der Waals surface area contributed by atoms with Crippen LogP contribution < -0.4 is 16.0 Å². The molecule has 4 heterocycles. The Kier molecular flexibility index (Phi) is 15.5. The van der Waals surface area contributed by atoms with Crippen molar-refractivity contribution < 1.29 is 42.1 Å². The topological polar surface area (TPSA) is 150 Å². The molecule has 2 saturated heterocycles. The summed E-state index contributed by atoms with van der Waals surface area (Å²) in [5.41, 5.74) is 1.18. The van der Waals surface area contributed by atoms with Gasteiger partial charge in [-0.1, -0.05) is 43.2 Å². The Labute approximate surface area is 337 Å². The van der Waals surface area contributed by atoms with Crippen molar-refractivity contribution in [1.29, 1.82) is 0 Å². The van der Waals surface area contributed by atoms with Crippen LogP contribution in [0.4, 0.5) is 18.0 Å².